The van der Waals surface area contributed by atoms with Crippen LogP contribution in [0.5, 0.6) is 0 Å². The van der Waals surface area contributed by atoms with Gasteiger partial charge < -0.3 is 5.73 Å². The van der Waals surface area contributed by atoms with Gasteiger partial charge in [0, 0.05) is 17.1 Å². The number of nitriles is 1. The van der Waals surface area contributed by atoms with Gasteiger partial charge in [-0.05, 0) is 11.5 Å². The van der Waals surface area contributed by atoms with Gasteiger partial charge in [-0.2, -0.15) is 5.26 Å². The number of hydrogen-bond donors (Lipinski definition) is 1. The number of nitrogens with two attached hydrogens (primary N) is 1. The van der Waals surface area contributed by atoms with E-state index in [-0.39, 0.29) is 22.0 Å². The van der Waals surface area contributed by atoms with Gasteiger partial charge in [0.1, 0.15) is 17.6 Å². The van der Waals surface area contributed by atoms with E-state index in [1.807, 2.05) is 0 Å². The van der Waals surface area contributed by atoms with E-state index in [1.165, 1.54) is 12.3 Å². The summed E-state index contributed by atoms with van der Waals surface area (Å²) >= 11 is 6.02. The molecule has 0 saturated carbocycles. The summed E-state index contributed by atoms with van der Waals surface area (Å²) in [5.74, 6) is -1.43. The SMILES string of the molecule is N#Cc1cnc(-c2cccc3ccc(F)c(Cl)c23)c(F)c1N. The average Bonchev–Trinajstić information content (AvgIpc) is 2.53. The molecule has 3 rings (SSSR count). The van der Waals surface area contributed by atoms with Crippen molar-refractivity contribution in [3.05, 3.63) is 58.7 Å². The van der Waals surface area contributed by atoms with Gasteiger partial charge in [0.05, 0.1) is 16.3 Å². The number of nitrogen functional groups attached to an aromatic ring is 1. The predicted molar refractivity (Wildman–Crippen MR) is 81.2 cm³/mol. The van der Waals surface area contributed by atoms with Gasteiger partial charge >= 0.3 is 0 Å². The third-order valence-corrected chi connectivity index (χ3v) is 3.74. The zero-order valence-electron chi connectivity index (χ0n) is 11.1. The van der Waals surface area contributed by atoms with Crippen LogP contribution in [-0.4, -0.2) is 4.98 Å². The number of halogens is 3. The number of rotatable bonds is 1. The molecule has 0 aliphatic heterocycles. The van der Waals surface area contributed by atoms with E-state index in [4.69, 9.17) is 22.6 Å². The fraction of sp³-hybridized carbons (Fsp3) is 0. The molecule has 2 aromatic carbocycles. The molecule has 0 radical (unpaired) electrons. The first-order valence-electron chi connectivity index (χ1n) is 6.25. The average molecular weight is 316 g/mol. The molecule has 0 aliphatic carbocycles. The molecular weight excluding hydrogens is 308 g/mol. The highest BCUT2D eigenvalue weighted by molar-refractivity contribution is 6.36. The molecule has 1 heterocycles. The Balaban J connectivity index is 2.40. The van der Waals surface area contributed by atoms with Gasteiger partial charge in [0.15, 0.2) is 5.82 Å². The molecule has 3 nitrogen and oxygen atoms in total. The molecule has 6 heteroatoms. The van der Waals surface area contributed by atoms with E-state index in [2.05, 4.69) is 4.98 Å². The number of hydrogen-bond acceptors (Lipinski definition) is 3. The minimum absolute atomic E-state index is 0.0567. The maximum absolute atomic E-state index is 14.4. The number of nitrogens with zero attached hydrogens (tertiary/aromatic N) is 2. The molecular formula is C16H8ClF2N3. The Bertz CT molecular complexity index is 948. The fourth-order valence-corrected chi connectivity index (χ4v) is 2.56. The van der Waals surface area contributed by atoms with Gasteiger partial charge in [0.2, 0.25) is 0 Å². The largest absolute Gasteiger partial charge is 0.395 e. The van der Waals surface area contributed by atoms with Crippen LogP contribution >= 0.6 is 11.6 Å². The Labute approximate surface area is 129 Å². The summed E-state index contributed by atoms with van der Waals surface area (Å²) in [5.41, 5.74) is 5.49. The van der Waals surface area contributed by atoms with Crippen LogP contribution in [-0.2, 0) is 0 Å². The Hall–Kier alpha value is -2.71. The Morgan fingerprint density at radius 2 is 1.95 bits per heavy atom. The third-order valence-electron chi connectivity index (χ3n) is 3.37. The molecule has 0 spiro atoms. The van der Waals surface area contributed by atoms with Crippen LogP contribution in [0.3, 0.4) is 0 Å². The minimum Gasteiger partial charge on any atom is -0.395 e. The smallest absolute Gasteiger partial charge is 0.173 e. The second-order valence-corrected chi connectivity index (χ2v) is 5.00. The van der Waals surface area contributed by atoms with Crippen LogP contribution in [0.25, 0.3) is 22.0 Å². The first-order chi connectivity index (χ1) is 10.5. The van der Waals surface area contributed by atoms with Crippen LogP contribution in [0.4, 0.5) is 14.5 Å². The summed E-state index contributed by atoms with van der Waals surface area (Å²) in [6.45, 7) is 0. The first kappa shape index (κ1) is 14.2. The standard InChI is InChI=1S/C16H8ClF2N3/c17-13-11(18)5-4-8-2-1-3-10(12(8)13)16-14(19)15(21)9(6-20)7-22-16/h1-5,7H,(H2,21,22). The lowest BCUT2D eigenvalue weighted by Crippen LogP contribution is -2.00. The first-order valence-corrected chi connectivity index (χ1v) is 6.63. The van der Waals surface area contributed by atoms with E-state index in [0.29, 0.717) is 16.3 Å². The molecule has 0 bridgehead atoms. The maximum Gasteiger partial charge on any atom is 0.173 e. The Morgan fingerprint density at radius 1 is 1.18 bits per heavy atom. The zero-order valence-corrected chi connectivity index (χ0v) is 11.8. The highest BCUT2D eigenvalue weighted by atomic mass is 35.5. The quantitative estimate of drug-likeness (QED) is 0.728. The topological polar surface area (TPSA) is 62.7 Å². The molecule has 22 heavy (non-hydrogen) atoms. The molecule has 0 amide bonds. The molecule has 0 fully saturated rings. The summed E-state index contributed by atoms with van der Waals surface area (Å²) in [5, 5.41) is 9.73. The van der Waals surface area contributed by atoms with Crippen molar-refractivity contribution in [3.63, 3.8) is 0 Å². The van der Waals surface area contributed by atoms with Crippen LogP contribution < -0.4 is 5.73 Å². The summed E-state index contributed by atoms with van der Waals surface area (Å²) in [6, 6.07) is 9.53. The fourth-order valence-electron chi connectivity index (χ4n) is 2.28. The summed E-state index contributed by atoms with van der Waals surface area (Å²) < 4.78 is 28.1. The molecule has 3 aromatic rings. The maximum atomic E-state index is 14.4. The van der Waals surface area contributed by atoms with E-state index >= 15 is 0 Å². The lowest BCUT2D eigenvalue weighted by molar-refractivity contribution is 0.628. The second-order valence-electron chi connectivity index (χ2n) is 4.62. The summed E-state index contributed by atoms with van der Waals surface area (Å²) in [7, 11) is 0. The van der Waals surface area contributed by atoms with Crippen molar-refractivity contribution in [1.29, 1.82) is 5.26 Å². The second kappa shape index (κ2) is 5.24. The van der Waals surface area contributed by atoms with Crippen molar-refractivity contribution < 1.29 is 8.78 Å². The van der Waals surface area contributed by atoms with Crippen LogP contribution in [0.15, 0.2) is 36.5 Å². The normalized spacial score (nSPS) is 10.6. The van der Waals surface area contributed by atoms with Gasteiger partial charge in [-0.3, -0.25) is 4.98 Å². The van der Waals surface area contributed by atoms with Crippen molar-refractivity contribution in [1.82, 2.24) is 4.98 Å². The number of fused-ring (bicyclic) bond motifs is 1. The van der Waals surface area contributed by atoms with Crippen molar-refractivity contribution in [3.8, 4) is 17.3 Å². The lowest BCUT2D eigenvalue weighted by atomic mass is 10.0. The van der Waals surface area contributed by atoms with Crippen LogP contribution in [0.2, 0.25) is 5.02 Å². The molecule has 1 aromatic heterocycles. The lowest BCUT2D eigenvalue weighted by Gasteiger charge is -2.11. The highest BCUT2D eigenvalue weighted by Gasteiger charge is 2.18. The minimum atomic E-state index is -0.827. The summed E-state index contributed by atoms with van der Waals surface area (Å²) in [6.07, 6.45) is 1.18. The highest BCUT2D eigenvalue weighted by Crippen LogP contribution is 2.36. The van der Waals surface area contributed by atoms with Crippen molar-refractivity contribution in [2.45, 2.75) is 0 Å². The molecule has 0 aliphatic rings. The Morgan fingerprint density at radius 3 is 2.68 bits per heavy atom. The van der Waals surface area contributed by atoms with Gasteiger partial charge in [-0.1, -0.05) is 35.9 Å². The predicted octanol–water partition coefficient (Wildman–Crippen LogP) is 4.29. The van der Waals surface area contributed by atoms with E-state index in [9.17, 15) is 8.78 Å². The summed E-state index contributed by atoms with van der Waals surface area (Å²) in [4.78, 5) is 3.94. The number of anilines is 1. The molecule has 0 atom stereocenters. The monoisotopic (exact) mass is 315 g/mol. The van der Waals surface area contributed by atoms with Crippen LogP contribution in [0.1, 0.15) is 5.56 Å². The number of aromatic nitrogens is 1. The van der Waals surface area contributed by atoms with Crippen LogP contribution in [0, 0.1) is 23.0 Å². The van der Waals surface area contributed by atoms with Gasteiger partial charge in [0.25, 0.3) is 0 Å². The molecule has 108 valence electrons. The van der Waals surface area contributed by atoms with Gasteiger partial charge in [-0.15, -0.1) is 0 Å². The number of benzene rings is 2. The Kier molecular flexibility index (Phi) is 3.39. The third kappa shape index (κ3) is 2.05. The van der Waals surface area contributed by atoms with E-state index in [1.54, 1.807) is 30.3 Å². The molecule has 0 saturated heterocycles. The van der Waals surface area contributed by atoms with Gasteiger partial charge in [-0.25, -0.2) is 8.78 Å². The number of pyridine rings is 1. The van der Waals surface area contributed by atoms with Crippen molar-refractivity contribution in [2.24, 2.45) is 0 Å². The zero-order chi connectivity index (χ0) is 15.9. The van der Waals surface area contributed by atoms with E-state index in [0.717, 1.165) is 0 Å². The van der Waals surface area contributed by atoms with Crippen molar-refractivity contribution >= 4 is 28.1 Å². The van der Waals surface area contributed by atoms with Crippen molar-refractivity contribution in [2.75, 3.05) is 5.73 Å². The van der Waals surface area contributed by atoms with E-state index < -0.39 is 11.6 Å². The molecule has 0 unspecified atom stereocenters. The molecule has 2 N–H and O–H groups in total.